The van der Waals surface area contributed by atoms with Gasteiger partial charge in [-0.25, -0.2) is 0 Å². The summed E-state index contributed by atoms with van der Waals surface area (Å²) in [6.45, 7) is 1.31. The number of carboxylic acid groups (broad SMARTS) is 2. The van der Waals surface area contributed by atoms with Crippen molar-refractivity contribution >= 4 is 11.9 Å². The van der Waals surface area contributed by atoms with Crippen LogP contribution < -0.4 is 17.2 Å². The molecule has 0 aromatic heterocycles. The van der Waals surface area contributed by atoms with E-state index in [1.807, 2.05) is 0 Å². The largest absolute Gasteiger partial charge is 0.481 e. The molecule has 0 aromatic rings. The minimum Gasteiger partial charge on any atom is -0.481 e. The van der Waals surface area contributed by atoms with E-state index in [1.165, 1.54) is 32.1 Å². The summed E-state index contributed by atoms with van der Waals surface area (Å²) in [5.74, 6) is -1.63. The first-order valence-electron chi connectivity index (χ1n) is 8.56. The van der Waals surface area contributed by atoms with Gasteiger partial charge in [-0.05, 0) is 38.8 Å². The molecule has 0 aliphatic rings. The van der Waals surface area contributed by atoms with Gasteiger partial charge in [-0.2, -0.15) is 0 Å². The minimum atomic E-state index is -0.955. The quantitative estimate of drug-likeness (QED) is 0.303. The molecule has 8 N–H and O–H groups in total. The van der Waals surface area contributed by atoms with Crippen molar-refractivity contribution in [1.82, 2.24) is 0 Å². The standard InChI is InChI=1S/C11H23NO2.C5H12N2O2/c12-10-8-6-4-2-1-3-5-7-9-11(13)14;6-3-1-2-4(7)5(8)9/h1-10,12H2,(H,13,14);4H,1-3,6-7H2,(H,8,9)/t;4-/m.0/s1. The van der Waals surface area contributed by atoms with Gasteiger partial charge >= 0.3 is 11.9 Å². The number of unbranched alkanes of at least 4 members (excludes halogenated alkanes) is 7. The van der Waals surface area contributed by atoms with Crippen LogP contribution in [0.5, 0.6) is 0 Å². The molecule has 0 aliphatic heterocycles. The van der Waals surface area contributed by atoms with E-state index in [0.29, 0.717) is 25.8 Å². The van der Waals surface area contributed by atoms with Gasteiger partial charge < -0.3 is 27.4 Å². The molecule has 23 heavy (non-hydrogen) atoms. The van der Waals surface area contributed by atoms with Crippen LogP contribution in [0.25, 0.3) is 0 Å². The van der Waals surface area contributed by atoms with Gasteiger partial charge in [0.05, 0.1) is 0 Å². The van der Waals surface area contributed by atoms with E-state index in [4.69, 9.17) is 27.4 Å². The number of aliphatic carboxylic acids is 2. The van der Waals surface area contributed by atoms with Crippen molar-refractivity contribution in [3.8, 4) is 0 Å². The summed E-state index contributed by atoms with van der Waals surface area (Å²) in [5.41, 5.74) is 15.7. The molecule has 0 spiro atoms. The summed E-state index contributed by atoms with van der Waals surface area (Å²) in [4.78, 5) is 20.2. The third-order valence-electron chi connectivity index (χ3n) is 3.38. The van der Waals surface area contributed by atoms with Crippen molar-refractivity contribution in [2.45, 2.75) is 76.7 Å². The second-order valence-electron chi connectivity index (χ2n) is 5.64. The SMILES string of the molecule is NCCCCCCCCCCC(=O)O.NCCC[C@H](N)C(=O)O. The van der Waals surface area contributed by atoms with Gasteiger partial charge in [0, 0.05) is 6.42 Å². The summed E-state index contributed by atoms with van der Waals surface area (Å²) in [7, 11) is 0. The van der Waals surface area contributed by atoms with Crippen LogP contribution in [-0.4, -0.2) is 41.3 Å². The summed E-state index contributed by atoms with van der Waals surface area (Å²) >= 11 is 0. The van der Waals surface area contributed by atoms with Crippen molar-refractivity contribution in [2.75, 3.05) is 13.1 Å². The Kier molecular flexibility index (Phi) is 19.8. The molecule has 138 valence electrons. The molecule has 0 heterocycles. The average Bonchev–Trinajstić information content (AvgIpc) is 2.51. The van der Waals surface area contributed by atoms with E-state index in [1.54, 1.807) is 0 Å². The lowest BCUT2D eigenvalue weighted by molar-refractivity contribution is -0.139. The third kappa shape index (κ3) is 23.2. The Bertz CT molecular complexity index is 288. The lowest BCUT2D eigenvalue weighted by Crippen LogP contribution is -2.30. The minimum absolute atomic E-state index is 0.327. The Hall–Kier alpha value is -1.18. The first kappa shape index (κ1) is 24.1. The maximum atomic E-state index is 10.2. The zero-order chi connectivity index (χ0) is 17.9. The van der Waals surface area contributed by atoms with Gasteiger partial charge in [0.1, 0.15) is 6.04 Å². The molecule has 7 nitrogen and oxygen atoms in total. The molecule has 7 heteroatoms. The second kappa shape index (κ2) is 18.9. The van der Waals surface area contributed by atoms with E-state index in [-0.39, 0.29) is 0 Å². The van der Waals surface area contributed by atoms with Crippen LogP contribution in [0.2, 0.25) is 0 Å². The smallest absolute Gasteiger partial charge is 0.320 e. The highest BCUT2D eigenvalue weighted by molar-refractivity contribution is 5.72. The fraction of sp³-hybridized carbons (Fsp3) is 0.875. The summed E-state index contributed by atoms with van der Waals surface area (Å²) < 4.78 is 0. The Morgan fingerprint density at radius 2 is 1.17 bits per heavy atom. The molecule has 1 atom stereocenters. The van der Waals surface area contributed by atoms with Crippen LogP contribution in [0.4, 0.5) is 0 Å². The van der Waals surface area contributed by atoms with Crippen molar-refractivity contribution < 1.29 is 19.8 Å². The fourth-order valence-corrected chi connectivity index (χ4v) is 1.94. The van der Waals surface area contributed by atoms with E-state index >= 15 is 0 Å². The lowest BCUT2D eigenvalue weighted by atomic mass is 10.1. The van der Waals surface area contributed by atoms with Crippen LogP contribution in [0, 0.1) is 0 Å². The molecule has 0 fully saturated rings. The highest BCUT2D eigenvalue weighted by Gasteiger charge is 2.08. The number of nitrogens with two attached hydrogens (primary N) is 3. The first-order valence-corrected chi connectivity index (χ1v) is 8.56. The normalized spacial score (nSPS) is 11.4. The monoisotopic (exact) mass is 333 g/mol. The summed E-state index contributed by atoms with van der Waals surface area (Å²) in [6.07, 6.45) is 10.7. The van der Waals surface area contributed by atoms with E-state index in [9.17, 15) is 9.59 Å². The highest BCUT2D eigenvalue weighted by atomic mass is 16.4. The van der Waals surface area contributed by atoms with Crippen molar-refractivity contribution in [2.24, 2.45) is 17.2 Å². The van der Waals surface area contributed by atoms with Crippen LogP contribution >= 0.6 is 0 Å². The first-order chi connectivity index (χ1) is 11.0. The number of hydrogen-bond donors (Lipinski definition) is 5. The molecular formula is C16H35N3O4. The van der Waals surface area contributed by atoms with Gasteiger partial charge in [0.15, 0.2) is 0 Å². The highest BCUT2D eigenvalue weighted by Crippen LogP contribution is 2.09. The molecular weight excluding hydrogens is 298 g/mol. The van der Waals surface area contributed by atoms with E-state index < -0.39 is 18.0 Å². The van der Waals surface area contributed by atoms with Crippen molar-refractivity contribution in [1.29, 1.82) is 0 Å². The predicted octanol–water partition coefficient (Wildman–Crippen LogP) is 1.68. The number of carboxylic acids is 2. The van der Waals surface area contributed by atoms with Gasteiger partial charge in [0.25, 0.3) is 0 Å². The molecule has 0 saturated carbocycles. The zero-order valence-electron chi connectivity index (χ0n) is 14.2. The summed E-state index contributed by atoms with van der Waals surface area (Å²) in [5, 5.41) is 16.6. The Labute approximate surface area is 139 Å². The van der Waals surface area contributed by atoms with Crippen molar-refractivity contribution in [3.05, 3.63) is 0 Å². The van der Waals surface area contributed by atoms with Gasteiger partial charge in [0.2, 0.25) is 0 Å². The number of carbonyl (C=O) groups is 2. The Balaban J connectivity index is 0. The van der Waals surface area contributed by atoms with Gasteiger partial charge in [-0.3, -0.25) is 9.59 Å². The van der Waals surface area contributed by atoms with E-state index in [0.717, 1.165) is 25.8 Å². The Morgan fingerprint density at radius 1 is 0.739 bits per heavy atom. The average molecular weight is 333 g/mol. The maximum absolute atomic E-state index is 10.2. The molecule has 0 aromatic carbocycles. The molecule has 0 aliphatic carbocycles. The van der Waals surface area contributed by atoms with E-state index in [2.05, 4.69) is 0 Å². The lowest BCUT2D eigenvalue weighted by Gasteiger charge is -2.02. The van der Waals surface area contributed by atoms with Gasteiger partial charge in [-0.1, -0.05) is 38.5 Å². The molecule has 0 rings (SSSR count). The van der Waals surface area contributed by atoms with Crippen LogP contribution in [0.1, 0.15) is 70.6 Å². The van der Waals surface area contributed by atoms with Crippen LogP contribution in [0.15, 0.2) is 0 Å². The van der Waals surface area contributed by atoms with Gasteiger partial charge in [-0.15, -0.1) is 0 Å². The predicted molar refractivity (Wildman–Crippen MR) is 92.1 cm³/mol. The molecule has 0 saturated heterocycles. The number of rotatable bonds is 14. The number of hydrogen-bond acceptors (Lipinski definition) is 5. The second-order valence-corrected chi connectivity index (χ2v) is 5.64. The molecule has 0 bridgehead atoms. The topological polar surface area (TPSA) is 153 Å². The molecule has 0 unspecified atom stereocenters. The third-order valence-corrected chi connectivity index (χ3v) is 3.38. The molecule has 0 amide bonds. The van der Waals surface area contributed by atoms with Crippen LogP contribution in [-0.2, 0) is 9.59 Å². The molecule has 0 radical (unpaired) electrons. The Morgan fingerprint density at radius 3 is 1.57 bits per heavy atom. The zero-order valence-corrected chi connectivity index (χ0v) is 14.2. The fourth-order valence-electron chi connectivity index (χ4n) is 1.94. The van der Waals surface area contributed by atoms with Crippen LogP contribution in [0.3, 0.4) is 0 Å². The maximum Gasteiger partial charge on any atom is 0.320 e. The van der Waals surface area contributed by atoms with Crippen molar-refractivity contribution in [3.63, 3.8) is 0 Å². The summed E-state index contributed by atoms with van der Waals surface area (Å²) in [6, 6.07) is -0.742.